The van der Waals surface area contributed by atoms with Crippen LogP contribution in [0.1, 0.15) is 33.7 Å². The lowest BCUT2D eigenvalue weighted by molar-refractivity contribution is 0.269. The van der Waals surface area contributed by atoms with Gasteiger partial charge in [-0.05, 0) is 60.9 Å². The molecule has 0 saturated carbocycles. The second-order valence-corrected chi connectivity index (χ2v) is 12.0. The van der Waals surface area contributed by atoms with Gasteiger partial charge >= 0.3 is 0 Å². The van der Waals surface area contributed by atoms with E-state index in [1.165, 1.54) is 18.2 Å². The van der Waals surface area contributed by atoms with Crippen LogP contribution in [0, 0.1) is 22.9 Å². The van der Waals surface area contributed by atoms with Gasteiger partial charge < -0.3 is 10.7 Å². The normalized spacial score (nSPS) is 12.7. The maximum absolute atomic E-state index is 14.6. The Morgan fingerprint density at radius 1 is 0.951 bits per heavy atom. The van der Waals surface area contributed by atoms with Crippen LogP contribution in [-0.4, -0.2) is 43.7 Å². The van der Waals surface area contributed by atoms with Gasteiger partial charge in [0.25, 0.3) is 10.1 Å². The van der Waals surface area contributed by atoms with Gasteiger partial charge in [0.05, 0.1) is 28.9 Å². The highest BCUT2D eigenvalue weighted by Crippen LogP contribution is 2.37. The van der Waals surface area contributed by atoms with E-state index >= 15 is 0 Å². The van der Waals surface area contributed by atoms with E-state index in [0.717, 1.165) is 12.1 Å². The lowest BCUT2D eigenvalue weighted by Crippen LogP contribution is -2.23. The predicted octanol–water partition coefficient (Wildman–Crippen LogP) is 6.27. The number of hydrogen-bond donors (Lipinski definition) is 3. The average Bonchev–Trinajstić information content (AvgIpc) is 3.42. The van der Waals surface area contributed by atoms with Crippen LogP contribution in [-0.2, 0) is 10.1 Å². The number of pyridine rings is 1. The Kier molecular flexibility index (Phi) is 7.96. The fourth-order valence-corrected chi connectivity index (χ4v) is 4.12. The Hall–Kier alpha value is -4.23. The van der Waals surface area contributed by atoms with E-state index in [1.54, 1.807) is 24.3 Å². The fourth-order valence-electron chi connectivity index (χ4n) is 4.12. The van der Waals surface area contributed by atoms with Crippen molar-refractivity contribution in [3.63, 3.8) is 0 Å². The highest BCUT2D eigenvalue weighted by molar-refractivity contribution is 7.85. The van der Waals surface area contributed by atoms with Crippen molar-refractivity contribution in [1.29, 1.82) is 0 Å². The zero-order valence-electron chi connectivity index (χ0n) is 22.9. The molecular formula is C28H29F3N6O3S. The molecule has 0 amide bonds. The van der Waals surface area contributed by atoms with Crippen LogP contribution in [0.3, 0.4) is 0 Å². The van der Waals surface area contributed by atoms with Gasteiger partial charge in [0.1, 0.15) is 28.8 Å². The number of aromatic amines is 1. The lowest BCUT2D eigenvalue weighted by atomic mass is 9.88. The minimum Gasteiger partial charge on any atom is -0.369 e. The molecule has 0 unspecified atom stereocenters. The van der Waals surface area contributed by atoms with E-state index in [4.69, 9.17) is 15.3 Å². The van der Waals surface area contributed by atoms with Crippen LogP contribution in [0.2, 0.25) is 0 Å². The first-order valence-electron chi connectivity index (χ1n) is 12.4. The number of imidazole rings is 2. The van der Waals surface area contributed by atoms with E-state index < -0.39 is 27.6 Å². The van der Waals surface area contributed by atoms with Gasteiger partial charge in [-0.25, -0.2) is 28.1 Å². The van der Waals surface area contributed by atoms with Crippen molar-refractivity contribution in [2.75, 3.05) is 12.0 Å². The zero-order valence-corrected chi connectivity index (χ0v) is 23.8. The number of halogens is 3. The molecule has 0 aliphatic rings. The molecule has 5 aromatic rings. The summed E-state index contributed by atoms with van der Waals surface area (Å²) in [6, 6.07) is 12.8. The monoisotopic (exact) mass is 586 g/mol. The van der Waals surface area contributed by atoms with Crippen molar-refractivity contribution >= 4 is 27.2 Å². The Balaban J connectivity index is 0.000000714. The number of rotatable bonds is 4. The minimum absolute atomic E-state index is 0.00194. The Bertz CT molecular complexity index is 1800. The zero-order chi connectivity index (χ0) is 30.3. The second-order valence-electron chi connectivity index (χ2n) is 10.6. The molecule has 9 nitrogen and oxygen atoms in total. The summed E-state index contributed by atoms with van der Waals surface area (Å²) < 4.78 is 70.6. The minimum atomic E-state index is -3.67. The van der Waals surface area contributed by atoms with E-state index in [9.17, 15) is 21.6 Å². The molecule has 0 bridgehead atoms. The average molecular weight is 587 g/mol. The SMILES string of the molecule is CS(=O)(=O)O.C[C@@H](n1c(N)nc2ccc(-c3[nH]c(-c4c(F)cccc4F)nc3-c3ccc(F)cc3)nc21)C(C)(C)C. The number of nitrogens with zero attached hydrogens (tertiary/aromatic N) is 4. The van der Waals surface area contributed by atoms with Crippen molar-refractivity contribution in [2.45, 2.75) is 33.7 Å². The first-order valence-corrected chi connectivity index (χ1v) is 14.3. The van der Waals surface area contributed by atoms with Crippen molar-refractivity contribution in [3.05, 3.63) is 72.0 Å². The summed E-state index contributed by atoms with van der Waals surface area (Å²) in [7, 11) is -3.67. The third-order valence-corrected chi connectivity index (χ3v) is 6.48. The number of H-pyrrole nitrogens is 1. The largest absolute Gasteiger partial charge is 0.369 e. The Morgan fingerprint density at radius 2 is 1.54 bits per heavy atom. The number of nitrogens with two attached hydrogens (primary N) is 1. The molecule has 3 aromatic heterocycles. The van der Waals surface area contributed by atoms with Gasteiger partial charge in [-0.2, -0.15) is 8.42 Å². The third kappa shape index (κ3) is 6.57. The van der Waals surface area contributed by atoms with Crippen molar-refractivity contribution in [2.24, 2.45) is 5.41 Å². The Labute approximate surface area is 235 Å². The van der Waals surface area contributed by atoms with Crippen LogP contribution in [0.4, 0.5) is 19.1 Å². The number of aromatic nitrogens is 5. The summed E-state index contributed by atoms with van der Waals surface area (Å²) in [6.45, 7) is 8.35. The molecule has 13 heteroatoms. The maximum Gasteiger partial charge on any atom is 0.261 e. The predicted molar refractivity (Wildman–Crippen MR) is 152 cm³/mol. The smallest absolute Gasteiger partial charge is 0.261 e. The molecule has 216 valence electrons. The standard InChI is InChI=1S/C27H25F3N6.CH4O3S/c1-14(27(2,3)4)36-25-20(33-26(36)31)13-12-19(32-25)23-22(15-8-10-16(28)11-9-15)34-24(35-23)21-17(29)6-5-7-18(21)30;1-5(2,3)4/h5-14H,1-4H3,(H2,31,33)(H,34,35);1H3,(H,2,3,4)/t14-;/m1./s1. The quantitative estimate of drug-likeness (QED) is 0.211. The number of benzene rings is 2. The fraction of sp³-hybridized carbons (Fsp3) is 0.250. The molecule has 0 fully saturated rings. The topological polar surface area (TPSA) is 140 Å². The van der Waals surface area contributed by atoms with Gasteiger partial charge in [-0.3, -0.25) is 9.12 Å². The number of fused-ring (bicyclic) bond motifs is 1. The molecule has 1 atom stereocenters. The number of nitrogens with one attached hydrogen (secondary N) is 1. The molecular weight excluding hydrogens is 557 g/mol. The first-order chi connectivity index (χ1) is 19.0. The third-order valence-electron chi connectivity index (χ3n) is 6.48. The highest BCUT2D eigenvalue weighted by Gasteiger charge is 2.27. The summed E-state index contributed by atoms with van der Waals surface area (Å²) in [4.78, 5) is 16.9. The summed E-state index contributed by atoms with van der Waals surface area (Å²) in [5.74, 6) is -1.58. The molecule has 0 spiro atoms. The van der Waals surface area contributed by atoms with E-state index in [0.29, 0.717) is 46.0 Å². The maximum atomic E-state index is 14.6. The Morgan fingerprint density at radius 3 is 2.10 bits per heavy atom. The van der Waals surface area contributed by atoms with Crippen molar-refractivity contribution in [1.82, 2.24) is 24.5 Å². The van der Waals surface area contributed by atoms with E-state index in [-0.39, 0.29) is 22.8 Å². The van der Waals surface area contributed by atoms with Gasteiger partial charge in [-0.1, -0.05) is 26.8 Å². The first kappa shape index (κ1) is 29.7. The van der Waals surface area contributed by atoms with Crippen LogP contribution < -0.4 is 5.73 Å². The molecule has 41 heavy (non-hydrogen) atoms. The van der Waals surface area contributed by atoms with E-state index in [2.05, 4.69) is 35.7 Å². The van der Waals surface area contributed by atoms with Crippen LogP contribution in [0.15, 0.2) is 54.6 Å². The molecule has 2 aromatic carbocycles. The van der Waals surface area contributed by atoms with Crippen LogP contribution >= 0.6 is 0 Å². The molecule has 0 radical (unpaired) electrons. The summed E-state index contributed by atoms with van der Waals surface area (Å²) in [6.07, 6.45) is 0.715. The number of nitrogen functional groups attached to an aromatic ring is 1. The van der Waals surface area contributed by atoms with Crippen LogP contribution in [0.25, 0.3) is 45.2 Å². The molecule has 3 heterocycles. The van der Waals surface area contributed by atoms with Crippen molar-refractivity contribution in [3.8, 4) is 34.0 Å². The molecule has 0 aliphatic carbocycles. The van der Waals surface area contributed by atoms with Gasteiger partial charge in [0.2, 0.25) is 5.95 Å². The molecule has 0 aliphatic heterocycles. The van der Waals surface area contributed by atoms with Gasteiger partial charge in [0, 0.05) is 11.6 Å². The lowest BCUT2D eigenvalue weighted by Gasteiger charge is -2.29. The van der Waals surface area contributed by atoms with Crippen LogP contribution in [0.5, 0.6) is 0 Å². The number of hydrogen-bond acceptors (Lipinski definition) is 6. The number of anilines is 1. The molecule has 4 N–H and O–H groups in total. The van der Waals surface area contributed by atoms with E-state index in [1.807, 2.05) is 11.5 Å². The summed E-state index contributed by atoms with van der Waals surface area (Å²) in [5.41, 5.74) is 8.88. The van der Waals surface area contributed by atoms with Gasteiger partial charge in [-0.15, -0.1) is 0 Å². The summed E-state index contributed by atoms with van der Waals surface area (Å²) in [5, 5.41) is 0. The second kappa shape index (κ2) is 11.0. The van der Waals surface area contributed by atoms with Crippen molar-refractivity contribution < 1.29 is 26.1 Å². The highest BCUT2D eigenvalue weighted by atomic mass is 32.2. The van der Waals surface area contributed by atoms with Gasteiger partial charge in [0.15, 0.2) is 5.65 Å². The molecule has 0 saturated heterocycles. The summed E-state index contributed by atoms with van der Waals surface area (Å²) >= 11 is 0. The molecule has 5 rings (SSSR count).